The molecule has 0 aliphatic rings. The maximum absolute atomic E-state index is 13.3. The number of rotatable bonds is 8. The van der Waals surface area contributed by atoms with Crippen molar-refractivity contribution in [3.05, 3.63) is 57.6 Å². The molecule has 0 fully saturated rings. The van der Waals surface area contributed by atoms with E-state index >= 15 is 0 Å². The van der Waals surface area contributed by atoms with Gasteiger partial charge in [0.2, 0.25) is 0 Å². The van der Waals surface area contributed by atoms with Crippen molar-refractivity contribution in [2.24, 2.45) is 0 Å². The van der Waals surface area contributed by atoms with E-state index in [1.54, 1.807) is 0 Å². The molecule has 2 atom stereocenters. The number of hydrogen-bond donors (Lipinski definition) is 0. The Balaban J connectivity index is 2.55. The second kappa shape index (κ2) is 10.8. The average Bonchev–Trinajstić information content (AvgIpc) is 2.65. The second-order valence-corrected chi connectivity index (χ2v) is 8.44. The van der Waals surface area contributed by atoms with Crippen LogP contribution in [0.2, 0.25) is 10.0 Å². The van der Waals surface area contributed by atoms with Crippen LogP contribution in [-0.4, -0.2) is 29.2 Å². The highest BCUT2D eigenvalue weighted by molar-refractivity contribution is 9.09. The maximum Gasteiger partial charge on any atom is 0.573 e. The third kappa shape index (κ3) is 7.43. The molecule has 176 valence electrons. The molecule has 2 unspecified atom stereocenters. The minimum atomic E-state index is -5.04. The third-order valence-electron chi connectivity index (χ3n) is 4.14. The van der Waals surface area contributed by atoms with E-state index in [1.165, 1.54) is 0 Å². The molecule has 2 rings (SSSR count). The van der Waals surface area contributed by atoms with E-state index < -0.39 is 41.8 Å². The number of carbonyl (C=O) groups is 1. The predicted octanol–water partition coefficient (Wildman–Crippen LogP) is 8.02. The lowest BCUT2D eigenvalue weighted by Crippen LogP contribution is -2.26. The van der Waals surface area contributed by atoms with Crippen molar-refractivity contribution >= 4 is 60.8 Å². The summed E-state index contributed by atoms with van der Waals surface area (Å²) in [5.41, 5.74) is -0.383. The molecule has 0 bridgehead atoms. The van der Waals surface area contributed by atoms with Gasteiger partial charge in [-0.25, -0.2) is 0 Å². The molecular formula is C19H12Br2Cl2F6O3. The Morgan fingerprint density at radius 1 is 0.781 bits per heavy atom. The second-order valence-electron chi connectivity index (χ2n) is 6.28. The largest absolute Gasteiger partial charge is 0.573 e. The number of alkyl halides is 8. The molecule has 0 aromatic heterocycles. The molecule has 0 heterocycles. The summed E-state index contributed by atoms with van der Waals surface area (Å²) in [7, 11) is 0. The van der Waals surface area contributed by atoms with Gasteiger partial charge in [-0.1, -0.05) is 55.1 Å². The first-order valence-electron chi connectivity index (χ1n) is 8.51. The minimum Gasteiger partial charge on any atom is -0.405 e. The van der Waals surface area contributed by atoms with Crippen molar-refractivity contribution in [1.82, 2.24) is 0 Å². The Morgan fingerprint density at radius 2 is 1.12 bits per heavy atom. The van der Waals surface area contributed by atoms with E-state index in [-0.39, 0.29) is 31.8 Å². The molecule has 0 saturated heterocycles. The number of hydrogen-bond acceptors (Lipinski definition) is 3. The van der Waals surface area contributed by atoms with Crippen molar-refractivity contribution in [2.75, 3.05) is 10.7 Å². The van der Waals surface area contributed by atoms with Gasteiger partial charge in [-0.2, -0.15) is 0 Å². The smallest absolute Gasteiger partial charge is 0.405 e. The zero-order valence-corrected chi connectivity index (χ0v) is 20.2. The average molecular weight is 633 g/mol. The molecule has 0 aliphatic heterocycles. The van der Waals surface area contributed by atoms with Crippen LogP contribution in [0.25, 0.3) is 0 Å². The van der Waals surface area contributed by atoms with Crippen molar-refractivity contribution in [2.45, 2.75) is 24.6 Å². The normalized spacial score (nSPS) is 14.1. The number of carbonyl (C=O) groups excluding carboxylic acids is 1. The van der Waals surface area contributed by atoms with E-state index in [1.807, 2.05) is 0 Å². The van der Waals surface area contributed by atoms with Crippen molar-refractivity contribution in [1.29, 1.82) is 0 Å². The number of ketones is 1. The van der Waals surface area contributed by atoms with Crippen LogP contribution in [0.3, 0.4) is 0 Å². The molecular weight excluding hydrogens is 621 g/mol. The van der Waals surface area contributed by atoms with Crippen molar-refractivity contribution < 1.29 is 40.6 Å². The lowest BCUT2D eigenvalue weighted by atomic mass is 9.85. The summed E-state index contributed by atoms with van der Waals surface area (Å²) < 4.78 is 85.0. The number of Topliss-reactive ketones (excluding diaryl/α,β-unsaturated/α-hetero) is 1. The maximum atomic E-state index is 13.3. The zero-order chi connectivity index (χ0) is 24.3. The van der Waals surface area contributed by atoms with E-state index in [0.717, 1.165) is 36.4 Å². The molecule has 2 aromatic carbocycles. The Kier molecular flexibility index (Phi) is 9.17. The van der Waals surface area contributed by atoms with Gasteiger partial charge < -0.3 is 9.47 Å². The molecule has 32 heavy (non-hydrogen) atoms. The van der Waals surface area contributed by atoms with Crippen LogP contribution >= 0.6 is 55.1 Å². The highest BCUT2D eigenvalue weighted by Crippen LogP contribution is 2.41. The zero-order valence-electron chi connectivity index (χ0n) is 15.5. The summed E-state index contributed by atoms with van der Waals surface area (Å²) in [5, 5.41) is -0.264. The first-order valence-corrected chi connectivity index (χ1v) is 11.5. The molecule has 0 N–H and O–H groups in total. The Morgan fingerprint density at radius 3 is 1.41 bits per heavy atom. The quantitative estimate of drug-likeness (QED) is 0.218. The predicted molar refractivity (Wildman–Crippen MR) is 114 cm³/mol. The van der Waals surface area contributed by atoms with Gasteiger partial charge in [0.15, 0.2) is 0 Å². The Hall–Kier alpha value is -1.17. The third-order valence-corrected chi connectivity index (χ3v) is 5.91. The van der Waals surface area contributed by atoms with Gasteiger partial charge in [0.05, 0.1) is 11.8 Å². The van der Waals surface area contributed by atoms with Gasteiger partial charge in [-0.15, -0.1) is 26.3 Å². The first kappa shape index (κ1) is 27.1. The van der Waals surface area contributed by atoms with Gasteiger partial charge in [0, 0.05) is 31.8 Å². The van der Waals surface area contributed by atoms with Gasteiger partial charge in [0.1, 0.15) is 17.3 Å². The lowest BCUT2D eigenvalue weighted by molar-refractivity contribution is -0.275. The first-order chi connectivity index (χ1) is 14.8. The SMILES string of the molecule is O=C(C(CBr)c1cc(Cl)ccc1OC(F)(F)F)C(CBr)c1cc(Cl)ccc1OC(F)(F)F. The minimum absolute atomic E-state index is 0.0347. The molecule has 13 heteroatoms. The summed E-state index contributed by atoms with van der Waals surface area (Å²) in [6.45, 7) is 0. The van der Waals surface area contributed by atoms with Crippen LogP contribution in [0.5, 0.6) is 11.5 Å². The van der Waals surface area contributed by atoms with E-state index in [4.69, 9.17) is 23.2 Å². The number of ether oxygens (including phenoxy) is 2. The van der Waals surface area contributed by atoms with Gasteiger partial charge >= 0.3 is 12.7 Å². The summed E-state index contributed by atoms with van der Waals surface area (Å²) in [6.07, 6.45) is -10.1. The molecule has 0 aliphatic carbocycles. The monoisotopic (exact) mass is 630 g/mol. The molecule has 0 spiro atoms. The fourth-order valence-corrected chi connectivity index (χ4v) is 4.58. The van der Waals surface area contributed by atoms with Crippen LogP contribution < -0.4 is 9.47 Å². The highest BCUT2D eigenvalue weighted by Gasteiger charge is 2.38. The Labute approximate surface area is 205 Å². The topological polar surface area (TPSA) is 35.5 Å². The van der Waals surface area contributed by atoms with Gasteiger partial charge in [-0.3, -0.25) is 4.79 Å². The summed E-state index contributed by atoms with van der Waals surface area (Å²) >= 11 is 18.0. The Bertz CT molecular complexity index is 894. The van der Waals surface area contributed by atoms with Crippen LogP contribution in [0, 0.1) is 0 Å². The molecule has 0 amide bonds. The molecule has 0 saturated carbocycles. The van der Waals surface area contributed by atoms with E-state index in [9.17, 15) is 31.1 Å². The standard InChI is InChI=1S/C19H12Br2Cl2F6O3/c20-7-13(11-5-9(22)1-3-15(11)31-18(24,25)26)17(30)14(8-21)12-6-10(23)2-4-16(12)32-19(27,28)29/h1-6,13-14H,7-8H2. The van der Waals surface area contributed by atoms with Gasteiger partial charge in [-0.05, 0) is 36.4 Å². The summed E-state index contributed by atoms with van der Waals surface area (Å²) in [5.74, 6) is -4.56. The van der Waals surface area contributed by atoms with Crippen LogP contribution in [0.4, 0.5) is 26.3 Å². The van der Waals surface area contributed by atoms with Crippen molar-refractivity contribution in [3.63, 3.8) is 0 Å². The molecule has 3 nitrogen and oxygen atoms in total. The van der Waals surface area contributed by atoms with Crippen LogP contribution in [0.15, 0.2) is 36.4 Å². The fraction of sp³-hybridized carbons (Fsp3) is 0.316. The van der Waals surface area contributed by atoms with E-state index in [2.05, 4.69) is 41.3 Å². The highest BCUT2D eigenvalue weighted by atomic mass is 79.9. The molecule has 2 aromatic rings. The van der Waals surface area contributed by atoms with Crippen LogP contribution in [-0.2, 0) is 4.79 Å². The summed E-state index contributed by atoms with van der Waals surface area (Å²) in [4.78, 5) is 13.3. The van der Waals surface area contributed by atoms with Gasteiger partial charge in [0.25, 0.3) is 0 Å². The fourth-order valence-electron chi connectivity index (χ4n) is 2.89. The van der Waals surface area contributed by atoms with Crippen molar-refractivity contribution in [3.8, 4) is 11.5 Å². The number of halogens is 10. The molecule has 0 radical (unpaired) electrons. The number of benzene rings is 2. The van der Waals surface area contributed by atoms with E-state index in [0.29, 0.717) is 0 Å². The summed E-state index contributed by atoms with van der Waals surface area (Å²) in [6, 6.07) is 6.46. The lowest BCUT2D eigenvalue weighted by Gasteiger charge is -2.24. The van der Waals surface area contributed by atoms with Crippen LogP contribution in [0.1, 0.15) is 23.0 Å².